The summed E-state index contributed by atoms with van der Waals surface area (Å²) in [5.74, 6) is 0.650. The highest BCUT2D eigenvalue weighted by Crippen LogP contribution is 2.47. The van der Waals surface area contributed by atoms with E-state index in [2.05, 4.69) is 23.3 Å². The van der Waals surface area contributed by atoms with Gasteiger partial charge in [-0.15, -0.1) is 0 Å². The fourth-order valence-corrected chi connectivity index (χ4v) is 5.22. The minimum atomic E-state index is -0.185. The van der Waals surface area contributed by atoms with Crippen molar-refractivity contribution in [3.8, 4) is 17.5 Å². The van der Waals surface area contributed by atoms with Gasteiger partial charge in [0.25, 0.3) is 5.91 Å². The number of amides is 2. The number of rotatable bonds is 6. The first-order valence-corrected chi connectivity index (χ1v) is 12.2. The van der Waals surface area contributed by atoms with E-state index in [-0.39, 0.29) is 22.9 Å². The second-order valence-electron chi connectivity index (χ2n) is 9.75. The molecule has 1 aliphatic heterocycles. The van der Waals surface area contributed by atoms with Gasteiger partial charge in [-0.3, -0.25) is 9.59 Å². The molecule has 0 spiro atoms. The maximum atomic E-state index is 13.7. The number of ether oxygens (including phenoxy) is 1. The average molecular weight is 484 g/mol. The van der Waals surface area contributed by atoms with Crippen molar-refractivity contribution in [3.05, 3.63) is 71.0 Å². The largest absolute Gasteiger partial charge is 0.497 e. The van der Waals surface area contributed by atoms with Crippen molar-refractivity contribution in [2.24, 2.45) is 0 Å². The summed E-state index contributed by atoms with van der Waals surface area (Å²) < 4.78 is 6.80. The van der Waals surface area contributed by atoms with Crippen molar-refractivity contribution >= 4 is 17.5 Å². The van der Waals surface area contributed by atoms with E-state index in [1.807, 2.05) is 24.3 Å². The SMILES string of the molecule is COc1ccc(-n2nc(C#N)c3c2C(=O)N(c2ccc(C4(CC(=O)N(C)C)CCC4)cc2)CC3)cc1. The van der Waals surface area contributed by atoms with Crippen LogP contribution in [0.1, 0.15) is 53.0 Å². The number of benzene rings is 2. The van der Waals surface area contributed by atoms with Crippen LogP contribution in [0.5, 0.6) is 5.75 Å². The van der Waals surface area contributed by atoms with Crippen LogP contribution in [0, 0.1) is 11.3 Å². The molecule has 2 aromatic carbocycles. The lowest BCUT2D eigenvalue weighted by Gasteiger charge is -2.42. The molecular formula is C28H29N5O3. The van der Waals surface area contributed by atoms with Gasteiger partial charge < -0.3 is 14.5 Å². The van der Waals surface area contributed by atoms with Crippen LogP contribution in [-0.2, 0) is 16.6 Å². The number of nitrogens with zero attached hydrogens (tertiary/aromatic N) is 5. The fourth-order valence-electron chi connectivity index (χ4n) is 5.22. The third kappa shape index (κ3) is 3.91. The number of nitriles is 1. The number of carbonyl (C=O) groups excluding carboxylic acids is 2. The molecule has 0 saturated heterocycles. The number of hydrogen-bond donors (Lipinski definition) is 0. The van der Waals surface area contributed by atoms with Crippen LogP contribution in [0.3, 0.4) is 0 Å². The minimum Gasteiger partial charge on any atom is -0.497 e. The van der Waals surface area contributed by atoms with Gasteiger partial charge in [0.05, 0.1) is 12.8 Å². The molecule has 8 heteroatoms. The van der Waals surface area contributed by atoms with Gasteiger partial charge in [-0.2, -0.15) is 10.4 Å². The van der Waals surface area contributed by atoms with Crippen LogP contribution < -0.4 is 9.64 Å². The fraction of sp³-hybridized carbons (Fsp3) is 0.357. The highest BCUT2D eigenvalue weighted by molar-refractivity contribution is 6.07. The molecule has 36 heavy (non-hydrogen) atoms. The van der Waals surface area contributed by atoms with Gasteiger partial charge in [0.1, 0.15) is 17.5 Å². The Morgan fingerprint density at radius 2 is 1.78 bits per heavy atom. The van der Waals surface area contributed by atoms with E-state index in [9.17, 15) is 14.9 Å². The standard InChI is InChI=1S/C28H29N5O3/c1-31(2)25(34)17-28(14-4-15-28)19-5-7-20(8-6-19)32-16-13-23-24(18-29)30-33(26(23)27(32)35)21-9-11-22(36-3)12-10-21/h5-12H,4,13-17H2,1-3H3. The lowest BCUT2D eigenvalue weighted by atomic mass is 9.62. The van der Waals surface area contributed by atoms with E-state index in [0.717, 1.165) is 30.5 Å². The molecular weight excluding hydrogens is 454 g/mol. The molecule has 2 heterocycles. The van der Waals surface area contributed by atoms with Crippen LogP contribution in [0.15, 0.2) is 48.5 Å². The highest BCUT2D eigenvalue weighted by Gasteiger charge is 2.41. The number of methoxy groups -OCH3 is 1. The Hall–Kier alpha value is -4.12. The molecule has 1 saturated carbocycles. The smallest absolute Gasteiger partial charge is 0.277 e. The summed E-state index contributed by atoms with van der Waals surface area (Å²) in [5.41, 5.74) is 3.89. The first-order valence-electron chi connectivity index (χ1n) is 12.2. The first kappa shape index (κ1) is 23.6. The molecule has 0 N–H and O–H groups in total. The Morgan fingerprint density at radius 1 is 1.11 bits per heavy atom. The zero-order valence-corrected chi connectivity index (χ0v) is 20.8. The number of fused-ring (bicyclic) bond motifs is 1. The predicted octanol–water partition coefficient (Wildman–Crippen LogP) is 3.86. The Bertz CT molecular complexity index is 1350. The Labute approximate surface area is 210 Å². The summed E-state index contributed by atoms with van der Waals surface area (Å²) in [7, 11) is 5.18. The first-order chi connectivity index (χ1) is 17.4. The average Bonchev–Trinajstić information content (AvgIpc) is 3.26. The summed E-state index contributed by atoms with van der Waals surface area (Å²) in [6.45, 7) is 0.471. The normalized spacial score (nSPS) is 16.1. The number of hydrogen-bond acceptors (Lipinski definition) is 5. The van der Waals surface area contributed by atoms with Crippen LogP contribution in [0.4, 0.5) is 5.69 Å². The Balaban J connectivity index is 1.45. The van der Waals surface area contributed by atoms with Crippen LogP contribution in [0.2, 0.25) is 0 Å². The highest BCUT2D eigenvalue weighted by atomic mass is 16.5. The summed E-state index contributed by atoms with van der Waals surface area (Å²) in [6, 6.07) is 17.4. The Morgan fingerprint density at radius 3 is 2.33 bits per heavy atom. The zero-order chi connectivity index (χ0) is 25.4. The summed E-state index contributed by atoms with van der Waals surface area (Å²) >= 11 is 0. The molecule has 8 nitrogen and oxygen atoms in total. The lowest BCUT2D eigenvalue weighted by Crippen LogP contribution is -2.40. The van der Waals surface area contributed by atoms with Crippen LogP contribution >= 0.6 is 0 Å². The molecule has 5 rings (SSSR count). The summed E-state index contributed by atoms with van der Waals surface area (Å²) in [4.78, 5) is 29.6. The predicted molar refractivity (Wildman–Crippen MR) is 135 cm³/mol. The van der Waals surface area contributed by atoms with Crippen molar-refractivity contribution in [1.29, 1.82) is 5.26 Å². The molecule has 0 radical (unpaired) electrons. The second kappa shape index (κ2) is 9.15. The van der Waals surface area contributed by atoms with E-state index in [1.54, 1.807) is 47.8 Å². The van der Waals surface area contributed by atoms with E-state index < -0.39 is 0 Å². The molecule has 1 aromatic heterocycles. The van der Waals surface area contributed by atoms with Crippen molar-refractivity contribution in [3.63, 3.8) is 0 Å². The van der Waals surface area contributed by atoms with Crippen molar-refractivity contribution in [2.75, 3.05) is 32.6 Å². The van der Waals surface area contributed by atoms with Gasteiger partial charge in [-0.25, -0.2) is 4.68 Å². The Kier molecular flexibility index (Phi) is 6.00. The van der Waals surface area contributed by atoms with Gasteiger partial charge in [0, 0.05) is 43.7 Å². The molecule has 1 aliphatic carbocycles. The molecule has 184 valence electrons. The molecule has 2 aliphatic rings. The molecule has 2 amide bonds. The second-order valence-corrected chi connectivity index (χ2v) is 9.75. The molecule has 0 atom stereocenters. The summed E-state index contributed by atoms with van der Waals surface area (Å²) in [6.07, 6.45) is 4.16. The molecule has 0 bridgehead atoms. The van der Waals surface area contributed by atoms with Gasteiger partial charge >= 0.3 is 0 Å². The van der Waals surface area contributed by atoms with Gasteiger partial charge in [-0.1, -0.05) is 18.6 Å². The van der Waals surface area contributed by atoms with E-state index in [4.69, 9.17) is 4.74 Å². The van der Waals surface area contributed by atoms with E-state index in [1.165, 1.54) is 0 Å². The topological polar surface area (TPSA) is 91.5 Å². The number of anilines is 1. The third-order valence-corrected chi connectivity index (χ3v) is 7.53. The molecule has 3 aromatic rings. The molecule has 1 fully saturated rings. The lowest BCUT2D eigenvalue weighted by molar-refractivity contribution is -0.130. The number of carbonyl (C=O) groups is 2. The minimum absolute atomic E-state index is 0.117. The van der Waals surface area contributed by atoms with Gasteiger partial charge in [0.2, 0.25) is 5.91 Å². The number of aromatic nitrogens is 2. The van der Waals surface area contributed by atoms with Crippen LogP contribution in [-0.4, -0.2) is 54.2 Å². The molecule has 0 unspecified atom stereocenters. The van der Waals surface area contributed by atoms with E-state index >= 15 is 0 Å². The van der Waals surface area contributed by atoms with Crippen molar-refractivity contribution in [1.82, 2.24) is 14.7 Å². The third-order valence-electron chi connectivity index (χ3n) is 7.53. The maximum absolute atomic E-state index is 13.7. The van der Waals surface area contributed by atoms with E-state index in [0.29, 0.717) is 42.1 Å². The quantitative estimate of drug-likeness (QED) is 0.531. The van der Waals surface area contributed by atoms with Crippen molar-refractivity contribution in [2.45, 2.75) is 37.5 Å². The van der Waals surface area contributed by atoms with Gasteiger partial charge in [0.15, 0.2) is 5.69 Å². The van der Waals surface area contributed by atoms with Crippen molar-refractivity contribution < 1.29 is 14.3 Å². The van der Waals surface area contributed by atoms with Gasteiger partial charge in [-0.05, 0) is 61.2 Å². The monoisotopic (exact) mass is 483 g/mol. The summed E-state index contributed by atoms with van der Waals surface area (Å²) in [5, 5.41) is 14.1. The zero-order valence-electron chi connectivity index (χ0n) is 20.8. The van der Waals surface area contributed by atoms with Crippen LogP contribution in [0.25, 0.3) is 5.69 Å². The maximum Gasteiger partial charge on any atom is 0.277 e.